The minimum absolute atomic E-state index is 0. The number of rotatable bonds is 5. The highest BCUT2D eigenvalue weighted by atomic mass is 127. The molecule has 1 amide bonds. The molecule has 2 fully saturated rings. The predicted octanol–water partition coefficient (Wildman–Crippen LogP) is 2.38. The van der Waals surface area contributed by atoms with E-state index < -0.39 is 0 Å². The normalized spacial score (nSPS) is 17.4. The number of aliphatic imine (C=N–C) groups is 1. The summed E-state index contributed by atoms with van der Waals surface area (Å²) in [6.07, 6.45) is -0.228. The molecule has 3 rings (SSSR count). The molecular weight excluding hydrogens is 497 g/mol. The fourth-order valence-electron chi connectivity index (χ4n) is 3.66. The molecule has 0 aromatic heterocycles. The van der Waals surface area contributed by atoms with Crippen LogP contribution < -0.4 is 10.2 Å². The molecule has 30 heavy (non-hydrogen) atoms. The Kier molecular flexibility index (Phi) is 10.5. The molecule has 1 aromatic rings. The first kappa shape index (κ1) is 24.5. The lowest BCUT2D eigenvalue weighted by molar-refractivity contribution is 0.0914. The van der Waals surface area contributed by atoms with Crippen LogP contribution in [0.5, 0.6) is 0 Å². The maximum absolute atomic E-state index is 11.9. The maximum Gasteiger partial charge on any atom is 0.409 e. The number of anilines is 1. The molecule has 0 radical (unpaired) electrons. The maximum atomic E-state index is 11.9. The average molecular weight is 531 g/mol. The smallest absolute Gasteiger partial charge is 0.409 e. The van der Waals surface area contributed by atoms with E-state index in [2.05, 4.69) is 46.3 Å². The Bertz CT molecular complexity index is 689. The van der Waals surface area contributed by atoms with Crippen LogP contribution in [0.2, 0.25) is 0 Å². The van der Waals surface area contributed by atoms with Crippen molar-refractivity contribution in [3.63, 3.8) is 0 Å². The van der Waals surface area contributed by atoms with Gasteiger partial charge >= 0.3 is 6.09 Å². The zero-order valence-corrected chi connectivity index (χ0v) is 20.3. The predicted molar refractivity (Wildman–Crippen MR) is 130 cm³/mol. The number of hydrogen-bond acceptors (Lipinski definition) is 5. The van der Waals surface area contributed by atoms with Crippen molar-refractivity contribution in [2.75, 3.05) is 70.5 Å². The molecule has 2 aliphatic rings. The van der Waals surface area contributed by atoms with Crippen molar-refractivity contribution in [2.45, 2.75) is 20.4 Å². The Morgan fingerprint density at radius 1 is 1.07 bits per heavy atom. The summed E-state index contributed by atoms with van der Waals surface area (Å²) < 4.78 is 10.6. The van der Waals surface area contributed by atoms with Crippen LogP contribution >= 0.6 is 24.0 Å². The van der Waals surface area contributed by atoms with Crippen molar-refractivity contribution in [1.29, 1.82) is 0 Å². The molecule has 9 heteroatoms. The molecule has 0 bridgehead atoms. The number of benzene rings is 1. The molecule has 0 saturated carbocycles. The minimum Gasteiger partial charge on any atom is -0.450 e. The molecular formula is C21H34IN5O3. The summed E-state index contributed by atoms with van der Waals surface area (Å²) in [4.78, 5) is 23.2. The Balaban J connectivity index is 0.00000320. The van der Waals surface area contributed by atoms with Gasteiger partial charge in [-0.1, -0.05) is 18.2 Å². The summed E-state index contributed by atoms with van der Waals surface area (Å²) in [5.74, 6) is 0.896. The van der Waals surface area contributed by atoms with E-state index in [1.807, 2.05) is 6.92 Å². The molecule has 1 aromatic carbocycles. The SMILES string of the molecule is CCNC(=NCc1ccccc1N1CCOCC1)N1CCN(C(=O)OCC)CC1.I. The number of ether oxygens (including phenoxy) is 2. The van der Waals surface area contributed by atoms with E-state index in [-0.39, 0.29) is 30.1 Å². The third-order valence-corrected chi connectivity index (χ3v) is 5.18. The number of para-hydroxylation sites is 1. The standard InChI is InChI=1S/C21H33N5O3.HI/c1-3-22-20(25-9-11-26(12-10-25)21(27)29-4-2)23-17-18-7-5-6-8-19(18)24-13-15-28-16-14-24;/h5-8H,3-4,9-17H2,1-2H3,(H,22,23);1H. The van der Waals surface area contributed by atoms with E-state index in [1.165, 1.54) is 11.3 Å². The highest BCUT2D eigenvalue weighted by Gasteiger charge is 2.24. The van der Waals surface area contributed by atoms with Gasteiger partial charge in [0.25, 0.3) is 0 Å². The van der Waals surface area contributed by atoms with Crippen molar-refractivity contribution in [2.24, 2.45) is 4.99 Å². The first-order valence-electron chi connectivity index (χ1n) is 10.6. The lowest BCUT2D eigenvalue weighted by atomic mass is 10.1. The molecule has 0 atom stereocenters. The van der Waals surface area contributed by atoms with Crippen molar-refractivity contribution < 1.29 is 14.3 Å². The monoisotopic (exact) mass is 531 g/mol. The fourth-order valence-corrected chi connectivity index (χ4v) is 3.66. The van der Waals surface area contributed by atoms with Gasteiger partial charge in [-0.05, 0) is 25.5 Å². The number of carbonyl (C=O) groups is 1. The molecule has 2 aliphatic heterocycles. The summed E-state index contributed by atoms with van der Waals surface area (Å²) in [6, 6.07) is 8.47. The second-order valence-corrected chi connectivity index (χ2v) is 7.07. The summed E-state index contributed by atoms with van der Waals surface area (Å²) in [7, 11) is 0. The molecule has 2 saturated heterocycles. The van der Waals surface area contributed by atoms with E-state index in [9.17, 15) is 4.79 Å². The molecule has 2 heterocycles. The number of nitrogens with zero attached hydrogens (tertiary/aromatic N) is 4. The highest BCUT2D eigenvalue weighted by molar-refractivity contribution is 14.0. The largest absolute Gasteiger partial charge is 0.450 e. The molecule has 168 valence electrons. The number of nitrogens with one attached hydrogen (secondary N) is 1. The highest BCUT2D eigenvalue weighted by Crippen LogP contribution is 2.22. The van der Waals surface area contributed by atoms with Gasteiger partial charge in [-0.25, -0.2) is 9.79 Å². The number of carbonyl (C=O) groups excluding carboxylic acids is 1. The minimum atomic E-state index is -0.228. The van der Waals surface area contributed by atoms with Gasteiger partial charge < -0.3 is 29.5 Å². The molecule has 0 aliphatic carbocycles. The van der Waals surface area contributed by atoms with E-state index in [0.717, 1.165) is 51.9 Å². The van der Waals surface area contributed by atoms with Crippen LogP contribution in [0.1, 0.15) is 19.4 Å². The van der Waals surface area contributed by atoms with Gasteiger partial charge in [-0.15, -0.1) is 24.0 Å². The summed E-state index contributed by atoms with van der Waals surface area (Å²) in [6.45, 7) is 11.9. The Labute approximate surface area is 196 Å². The summed E-state index contributed by atoms with van der Waals surface area (Å²) >= 11 is 0. The second kappa shape index (κ2) is 12.8. The number of amides is 1. The van der Waals surface area contributed by atoms with E-state index >= 15 is 0 Å². The van der Waals surface area contributed by atoms with Gasteiger partial charge in [0.05, 0.1) is 26.4 Å². The van der Waals surface area contributed by atoms with E-state index in [4.69, 9.17) is 14.5 Å². The van der Waals surface area contributed by atoms with Crippen molar-refractivity contribution in [3.05, 3.63) is 29.8 Å². The van der Waals surface area contributed by atoms with E-state index in [1.54, 1.807) is 4.90 Å². The van der Waals surface area contributed by atoms with Gasteiger partial charge in [0, 0.05) is 51.5 Å². The zero-order chi connectivity index (χ0) is 20.5. The third kappa shape index (κ3) is 6.63. The Hall–Kier alpha value is -1.75. The number of piperazine rings is 1. The quantitative estimate of drug-likeness (QED) is 0.358. The van der Waals surface area contributed by atoms with Crippen molar-refractivity contribution in [1.82, 2.24) is 15.1 Å². The van der Waals surface area contributed by atoms with Crippen molar-refractivity contribution in [3.8, 4) is 0 Å². The van der Waals surface area contributed by atoms with Gasteiger partial charge in [0.1, 0.15) is 0 Å². The Morgan fingerprint density at radius 3 is 2.40 bits per heavy atom. The van der Waals surface area contributed by atoms with Crippen LogP contribution in [-0.4, -0.2) is 87.5 Å². The lowest BCUT2D eigenvalue weighted by Crippen LogP contribution is -2.53. The first-order valence-corrected chi connectivity index (χ1v) is 10.6. The van der Waals surface area contributed by atoms with Crippen LogP contribution in [0.3, 0.4) is 0 Å². The van der Waals surface area contributed by atoms with Gasteiger partial charge in [0.15, 0.2) is 5.96 Å². The average Bonchev–Trinajstić information content (AvgIpc) is 2.78. The number of guanidine groups is 1. The second-order valence-electron chi connectivity index (χ2n) is 7.07. The first-order chi connectivity index (χ1) is 14.2. The number of halogens is 1. The topological polar surface area (TPSA) is 69.6 Å². The van der Waals surface area contributed by atoms with E-state index in [0.29, 0.717) is 26.2 Å². The van der Waals surface area contributed by atoms with Gasteiger partial charge in [-0.3, -0.25) is 0 Å². The molecule has 1 N–H and O–H groups in total. The van der Waals surface area contributed by atoms with Crippen LogP contribution in [0.15, 0.2) is 29.3 Å². The molecule has 0 unspecified atom stereocenters. The van der Waals surface area contributed by atoms with Crippen LogP contribution in [0, 0.1) is 0 Å². The zero-order valence-electron chi connectivity index (χ0n) is 18.0. The number of morpholine rings is 1. The third-order valence-electron chi connectivity index (χ3n) is 5.18. The van der Waals surface area contributed by atoms with Crippen LogP contribution in [0.4, 0.5) is 10.5 Å². The summed E-state index contributed by atoms with van der Waals surface area (Å²) in [5.41, 5.74) is 2.46. The lowest BCUT2D eigenvalue weighted by Gasteiger charge is -2.36. The van der Waals surface area contributed by atoms with Gasteiger partial charge in [-0.2, -0.15) is 0 Å². The van der Waals surface area contributed by atoms with Crippen molar-refractivity contribution >= 4 is 41.7 Å². The fraction of sp³-hybridized carbons (Fsp3) is 0.619. The van der Waals surface area contributed by atoms with Crippen LogP contribution in [-0.2, 0) is 16.0 Å². The van der Waals surface area contributed by atoms with Gasteiger partial charge in [0.2, 0.25) is 0 Å². The van der Waals surface area contributed by atoms with Crippen LogP contribution in [0.25, 0.3) is 0 Å². The summed E-state index contributed by atoms with van der Waals surface area (Å²) in [5, 5.41) is 3.40. The Morgan fingerprint density at radius 2 is 1.73 bits per heavy atom. The molecule has 0 spiro atoms. The number of hydrogen-bond donors (Lipinski definition) is 1. The molecule has 8 nitrogen and oxygen atoms in total.